The Morgan fingerprint density at radius 3 is 2.21 bits per heavy atom. The summed E-state index contributed by atoms with van der Waals surface area (Å²) in [6.45, 7) is 3.36. The second kappa shape index (κ2) is 14.8. The van der Waals surface area contributed by atoms with Crippen LogP contribution in [0.1, 0.15) is 18.1 Å². The van der Waals surface area contributed by atoms with E-state index < -0.39 is 16.1 Å². The van der Waals surface area contributed by atoms with Crippen LogP contribution < -0.4 is 14.8 Å². The second-order valence-corrected chi connectivity index (χ2v) is 11.8. The quantitative estimate of drug-likeness (QED) is 0.323. The molecule has 1 aliphatic rings. The van der Waals surface area contributed by atoms with Gasteiger partial charge in [0.1, 0.15) is 17.5 Å². The van der Waals surface area contributed by atoms with Gasteiger partial charge in [0, 0.05) is 26.2 Å². The number of carbonyl (C=O) groups excluding carboxylic acids is 2. The molecule has 10 nitrogen and oxygen atoms in total. The van der Waals surface area contributed by atoms with E-state index in [1.54, 1.807) is 14.0 Å². The molecule has 1 atom stereocenters. The first-order valence-corrected chi connectivity index (χ1v) is 15.3. The molecule has 1 unspecified atom stereocenters. The lowest BCUT2D eigenvalue weighted by atomic mass is 10.1. The lowest BCUT2D eigenvalue weighted by molar-refractivity contribution is -0.142. The van der Waals surface area contributed by atoms with Crippen molar-refractivity contribution in [3.63, 3.8) is 0 Å². The minimum Gasteiger partial charge on any atom is -0.497 e. The number of amides is 2. The molecule has 1 heterocycles. The van der Waals surface area contributed by atoms with Crippen molar-refractivity contribution in [1.82, 2.24) is 14.5 Å². The first-order chi connectivity index (χ1) is 20.3. The third kappa shape index (κ3) is 8.31. The van der Waals surface area contributed by atoms with Gasteiger partial charge in [-0.3, -0.25) is 9.59 Å². The number of hydrogen-bond acceptors (Lipinski definition) is 7. The van der Waals surface area contributed by atoms with Crippen LogP contribution in [0.4, 0.5) is 0 Å². The van der Waals surface area contributed by atoms with Gasteiger partial charge in [0.15, 0.2) is 6.61 Å². The first-order valence-electron chi connectivity index (χ1n) is 13.8. The van der Waals surface area contributed by atoms with Crippen LogP contribution in [0, 0.1) is 0 Å². The van der Waals surface area contributed by atoms with E-state index in [1.807, 2.05) is 54.6 Å². The van der Waals surface area contributed by atoms with Crippen LogP contribution >= 0.6 is 0 Å². The molecule has 224 valence electrons. The minimum absolute atomic E-state index is 0.147. The number of benzene rings is 3. The summed E-state index contributed by atoms with van der Waals surface area (Å²) in [6.07, 6.45) is 0.634. The molecule has 4 rings (SSSR count). The summed E-state index contributed by atoms with van der Waals surface area (Å²) < 4.78 is 43.3. The third-order valence-electron chi connectivity index (χ3n) is 7.03. The Balaban J connectivity index is 1.36. The molecular formula is C31H37N3O7S. The number of hydrogen-bond donors (Lipinski definition) is 1. The van der Waals surface area contributed by atoms with E-state index in [0.29, 0.717) is 45.0 Å². The summed E-state index contributed by atoms with van der Waals surface area (Å²) in [4.78, 5) is 28.0. The Bertz CT molecular complexity index is 1410. The molecule has 42 heavy (non-hydrogen) atoms. The summed E-state index contributed by atoms with van der Waals surface area (Å²) in [7, 11) is -2.02. The first kappa shape index (κ1) is 31.0. The predicted molar refractivity (Wildman–Crippen MR) is 158 cm³/mol. The molecule has 0 radical (unpaired) electrons. The van der Waals surface area contributed by atoms with Crippen molar-refractivity contribution in [2.45, 2.75) is 30.8 Å². The molecule has 0 aromatic heterocycles. The fraction of sp³-hybridized carbons (Fsp3) is 0.355. The van der Waals surface area contributed by atoms with Crippen LogP contribution in [-0.2, 0) is 37.3 Å². The highest BCUT2D eigenvalue weighted by atomic mass is 32.2. The summed E-state index contributed by atoms with van der Waals surface area (Å²) in [5.74, 6) is 0.468. The number of nitrogens with one attached hydrogen (secondary N) is 1. The number of methoxy groups -OCH3 is 1. The number of sulfonamides is 1. The van der Waals surface area contributed by atoms with E-state index in [9.17, 15) is 18.0 Å². The van der Waals surface area contributed by atoms with Crippen molar-refractivity contribution in [3.8, 4) is 11.5 Å². The Morgan fingerprint density at radius 1 is 0.929 bits per heavy atom. The van der Waals surface area contributed by atoms with E-state index in [2.05, 4.69) is 5.32 Å². The fourth-order valence-corrected chi connectivity index (χ4v) is 5.91. The zero-order chi connectivity index (χ0) is 30.0. The van der Waals surface area contributed by atoms with Gasteiger partial charge in [-0.2, -0.15) is 4.31 Å². The summed E-state index contributed by atoms with van der Waals surface area (Å²) in [6, 6.07) is 22.3. The van der Waals surface area contributed by atoms with Crippen LogP contribution in [0.5, 0.6) is 11.5 Å². The maximum atomic E-state index is 13.3. The van der Waals surface area contributed by atoms with Crippen molar-refractivity contribution in [1.29, 1.82) is 0 Å². The third-order valence-corrected chi connectivity index (χ3v) is 8.94. The van der Waals surface area contributed by atoms with Gasteiger partial charge in [-0.1, -0.05) is 42.5 Å². The molecule has 3 aromatic rings. The number of morpholine rings is 1. The molecule has 0 spiro atoms. The lowest BCUT2D eigenvalue weighted by Gasteiger charge is -2.29. The number of carbonyl (C=O) groups is 2. The van der Waals surface area contributed by atoms with E-state index >= 15 is 0 Å². The van der Waals surface area contributed by atoms with Gasteiger partial charge in [-0.05, 0) is 60.9 Å². The lowest BCUT2D eigenvalue weighted by Crippen LogP contribution is -2.49. The molecule has 11 heteroatoms. The van der Waals surface area contributed by atoms with Crippen LogP contribution in [0.25, 0.3) is 0 Å². The van der Waals surface area contributed by atoms with Crippen molar-refractivity contribution in [2.75, 3.05) is 46.6 Å². The van der Waals surface area contributed by atoms with E-state index in [4.69, 9.17) is 14.2 Å². The smallest absolute Gasteiger partial charge is 0.261 e. The topological polar surface area (TPSA) is 114 Å². The van der Waals surface area contributed by atoms with Gasteiger partial charge >= 0.3 is 0 Å². The highest BCUT2D eigenvalue weighted by Gasteiger charge is 2.28. The van der Waals surface area contributed by atoms with Gasteiger partial charge in [-0.25, -0.2) is 8.42 Å². The molecule has 3 aromatic carbocycles. The highest BCUT2D eigenvalue weighted by Crippen LogP contribution is 2.21. The number of ether oxygens (including phenoxy) is 3. The zero-order valence-electron chi connectivity index (χ0n) is 23.9. The Labute approximate surface area is 247 Å². The van der Waals surface area contributed by atoms with Gasteiger partial charge < -0.3 is 24.4 Å². The standard InChI is InChI=1S/C31H37N3O7S/c1-24(31(36)32-17-16-25-8-10-27(39-2)11-9-25)34(22-26-6-4-3-5-7-26)30(35)23-41-28-12-14-29(15-13-28)42(37,38)33-18-20-40-21-19-33/h3-15,24H,16-23H2,1-2H3,(H,32,36). The van der Waals surface area contributed by atoms with Crippen molar-refractivity contribution >= 4 is 21.8 Å². The molecule has 1 N–H and O–H groups in total. The van der Waals surface area contributed by atoms with Crippen molar-refractivity contribution in [3.05, 3.63) is 90.0 Å². The van der Waals surface area contributed by atoms with E-state index in [1.165, 1.54) is 33.5 Å². The van der Waals surface area contributed by atoms with E-state index in [0.717, 1.165) is 16.9 Å². The van der Waals surface area contributed by atoms with Gasteiger partial charge in [0.2, 0.25) is 15.9 Å². The normalized spacial score (nSPS) is 14.5. The molecule has 0 saturated carbocycles. The monoisotopic (exact) mass is 595 g/mol. The van der Waals surface area contributed by atoms with Crippen LogP contribution in [0.15, 0.2) is 83.8 Å². The summed E-state index contributed by atoms with van der Waals surface area (Å²) in [5, 5.41) is 2.93. The number of rotatable bonds is 13. The molecule has 0 bridgehead atoms. The van der Waals surface area contributed by atoms with Gasteiger partial charge in [0.25, 0.3) is 5.91 Å². The summed E-state index contributed by atoms with van der Waals surface area (Å²) in [5.41, 5.74) is 1.93. The largest absolute Gasteiger partial charge is 0.497 e. The maximum absolute atomic E-state index is 13.3. The van der Waals surface area contributed by atoms with Gasteiger partial charge in [0.05, 0.1) is 25.2 Å². The van der Waals surface area contributed by atoms with Crippen molar-refractivity contribution in [2.24, 2.45) is 0 Å². The second-order valence-electron chi connectivity index (χ2n) is 9.85. The molecule has 1 saturated heterocycles. The SMILES string of the molecule is COc1ccc(CCNC(=O)C(C)N(Cc2ccccc2)C(=O)COc2ccc(S(=O)(=O)N3CCOCC3)cc2)cc1. The zero-order valence-corrected chi connectivity index (χ0v) is 24.7. The molecular weight excluding hydrogens is 558 g/mol. The molecule has 1 aliphatic heterocycles. The average Bonchev–Trinajstić information content (AvgIpc) is 3.03. The fourth-order valence-electron chi connectivity index (χ4n) is 4.50. The van der Waals surface area contributed by atoms with Crippen LogP contribution in [-0.4, -0.2) is 82.0 Å². The maximum Gasteiger partial charge on any atom is 0.261 e. The Kier molecular flexibility index (Phi) is 10.9. The number of nitrogens with zero attached hydrogens (tertiary/aromatic N) is 2. The average molecular weight is 596 g/mol. The molecule has 2 amide bonds. The van der Waals surface area contributed by atoms with Gasteiger partial charge in [-0.15, -0.1) is 0 Å². The Hall–Kier alpha value is -3.93. The molecule has 1 fully saturated rings. The van der Waals surface area contributed by atoms with E-state index in [-0.39, 0.29) is 29.9 Å². The summed E-state index contributed by atoms with van der Waals surface area (Å²) >= 11 is 0. The van der Waals surface area contributed by atoms with Crippen LogP contribution in [0.2, 0.25) is 0 Å². The minimum atomic E-state index is -3.64. The molecule has 0 aliphatic carbocycles. The van der Waals surface area contributed by atoms with Crippen LogP contribution in [0.3, 0.4) is 0 Å². The highest BCUT2D eigenvalue weighted by molar-refractivity contribution is 7.89. The Morgan fingerprint density at radius 2 is 1.57 bits per heavy atom. The van der Waals surface area contributed by atoms with Crippen molar-refractivity contribution < 1.29 is 32.2 Å². The predicted octanol–water partition coefficient (Wildman–Crippen LogP) is 2.87.